The third-order valence-corrected chi connectivity index (χ3v) is 3.23. The van der Waals surface area contributed by atoms with E-state index >= 15 is 0 Å². The van der Waals surface area contributed by atoms with Gasteiger partial charge in [-0.3, -0.25) is 0 Å². The molecule has 3 nitrogen and oxygen atoms in total. The van der Waals surface area contributed by atoms with E-state index < -0.39 is 0 Å². The average Bonchev–Trinajstić information content (AvgIpc) is 2.46. The second-order valence-electron chi connectivity index (χ2n) is 4.58. The Kier molecular flexibility index (Phi) is 4.53. The lowest BCUT2D eigenvalue weighted by Gasteiger charge is -2.19. The minimum absolute atomic E-state index is 0.290. The largest absolute Gasteiger partial charge is 0.465 e. The SMILES string of the molecule is COC(=O)c1ccc(/C=C/C2CCCNC2)cc1. The van der Waals surface area contributed by atoms with Gasteiger partial charge in [-0.05, 0) is 43.0 Å². The number of nitrogens with one attached hydrogen (secondary N) is 1. The Morgan fingerprint density at radius 1 is 1.39 bits per heavy atom. The summed E-state index contributed by atoms with van der Waals surface area (Å²) in [6.45, 7) is 2.20. The summed E-state index contributed by atoms with van der Waals surface area (Å²) in [7, 11) is 1.40. The Morgan fingerprint density at radius 3 is 2.78 bits per heavy atom. The topological polar surface area (TPSA) is 38.3 Å². The van der Waals surface area contributed by atoms with E-state index in [4.69, 9.17) is 0 Å². The van der Waals surface area contributed by atoms with Crippen molar-refractivity contribution in [3.8, 4) is 0 Å². The number of piperidine rings is 1. The maximum Gasteiger partial charge on any atom is 0.337 e. The number of carbonyl (C=O) groups is 1. The number of ether oxygens (including phenoxy) is 1. The molecule has 18 heavy (non-hydrogen) atoms. The zero-order chi connectivity index (χ0) is 12.8. The van der Waals surface area contributed by atoms with Gasteiger partial charge in [0.25, 0.3) is 0 Å². The lowest BCUT2D eigenvalue weighted by molar-refractivity contribution is 0.0601. The Hall–Kier alpha value is -1.61. The summed E-state index contributed by atoms with van der Waals surface area (Å²) in [5.41, 5.74) is 1.71. The van der Waals surface area contributed by atoms with Crippen molar-refractivity contribution in [3.05, 3.63) is 41.5 Å². The molecule has 1 saturated heterocycles. The molecule has 1 aromatic rings. The number of hydrogen-bond acceptors (Lipinski definition) is 3. The Bertz CT molecular complexity index is 417. The predicted octanol–water partition coefficient (Wildman–Crippen LogP) is 2.49. The van der Waals surface area contributed by atoms with E-state index in [2.05, 4.69) is 22.2 Å². The Morgan fingerprint density at radius 2 is 2.17 bits per heavy atom. The number of carbonyl (C=O) groups excluding carboxylic acids is 1. The summed E-state index contributed by atoms with van der Waals surface area (Å²) >= 11 is 0. The smallest absolute Gasteiger partial charge is 0.337 e. The molecule has 0 aromatic heterocycles. The molecule has 1 unspecified atom stereocenters. The standard InChI is InChI=1S/C15H19NO2/c1-18-15(17)14-8-6-12(7-9-14)4-5-13-3-2-10-16-11-13/h4-9,13,16H,2-3,10-11H2,1H3/b5-4+. The molecule has 1 N–H and O–H groups in total. The van der Waals surface area contributed by atoms with Gasteiger partial charge in [0.2, 0.25) is 0 Å². The Balaban J connectivity index is 1.97. The molecule has 0 aliphatic carbocycles. The number of rotatable bonds is 3. The highest BCUT2D eigenvalue weighted by Crippen LogP contribution is 2.14. The van der Waals surface area contributed by atoms with Crippen molar-refractivity contribution in [1.82, 2.24) is 5.32 Å². The van der Waals surface area contributed by atoms with E-state index in [0.717, 1.165) is 18.7 Å². The van der Waals surface area contributed by atoms with Gasteiger partial charge in [0.05, 0.1) is 12.7 Å². The van der Waals surface area contributed by atoms with Crippen LogP contribution in [-0.2, 0) is 4.74 Å². The summed E-state index contributed by atoms with van der Waals surface area (Å²) in [6.07, 6.45) is 6.87. The number of esters is 1. The molecule has 0 spiro atoms. The summed E-state index contributed by atoms with van der Waals surface area (Å²) in [6, 6.07) is 7.48. The summed E-state index contributed by atoms with van der Waals surface area (Å²) in [5.74, 6) is 0.334. The van der Waals surface area contributed by atoms with Crippen molar-refractivity contribution in [2.45, 2.75) is 12.8 Å². The molecule has 3 heteroatoms. The van der Waals surface area contributed by atoms with Gasteiger partial charge < -0.3 is 10.1 Å². The fourth-order valence-electron chi connectivity index (χ4n) is 2.14. The first-order valence-electron chi connectivity index (χ1n) is 6.37. The maximum atomic E-state index is 11.3. The first-order chi connectivity index (χ1) is 8.79. The number of methoxy groups -OCH3 is 1. The molecule has 96 valence electrons. The fourth-order valence-corrected chi connectivity index (χ4v) is 2.14. The van der Waals surface area contributed by atoms with Crippen molar-refractivity contribution >= 4 is 12.0 Å². The summed E-state index contributed by atoms with van der Waals surface area (Å²) in [4.78, 5) is 11.3. The minimum Gasteiger partial charge on any atom is -0.465 e. The zero-order valence-corrected chi connectivity index (χ0v) is 10.7. The summed E-state index contributed by atoms with van der Waals surface area (Å²) in [5, 5.41) is 3.39. The van der Waals surface area contributed by atoms with E-state index in [0.29, 0.717) is 11.5 Å². The van der Waals surface area contributed by atoms with Gasteiger partial charge >= 0.3 is 5.97 Å². The number of hydrogen-bond donors (Lipinski definition) is 1. The summed E-state index contributed by atoms with van der Waals surface area (Å²) < 4.78 is 4.67. The van der Waals surface area contributed by atoms with Crippen LogP contribution in [0.5, 0.6) is 0 Å². The van der Waals surface area contributed by atoms with Gasteiger partial charge in [0.15, 0.2) is 0 Å². The van der Waals surface area contributed by atoms with Crippen LogP contribution in [0.4, 0.5) is 0 Å². The lowest BCUT2D eigenvalue weighted by Crippen LogP contribution is -2.28. The van der Waals surface area contributed by atoms with E-state index in [-0.39, 0.29) is 5.97 Å². The predicted molar refractivity (Wildman–Crippen MR) is 72.4 cm³/mol. The second kappa shape index (κ2) is 6.36. The minimum atomic E-state index is -0.290. The molecule has 1 aliphatic rings. The first kappa shape index (κ1) is 12.8. The van der Waals surface area contributed by atoms with Gasteiger partial charge in [0.1, 0.15) is 0 Å². The monoisotopic (exact) mass is 245 g/mol. The third kappa shape index (κ3) is 3.44. The molecule has 1 aromatic carbocycles. The van der Waals surface area contributed by atoms with Crippen LogP contribution in [0.2, 0.25) is 0 Å². The fraction of sp³-hybridized carbons (Fsp3) is 0.400. The molecule has 1 fully saturated rings. The van der Waals surface area contributed by atoms with Crippen LogP contribution >= 0.6 is 0 Å². The molecular weight excluding hydrogens is 226 g/mol. The van der Waals surface area contributed by atoms with Crippen LogP contribution in [-0.4, -0.2) is 26.2 Å². The zero-order valence-electron chi connectivity index (χ0n) is 10.7. The van der Waals surface area contributed by atoms with Crippen LogP contribution in [0.3, 0.4) is 0 Å². The highest BCUT2D eigenvalue weighted by atomic mass is 16.5. The molecule has 0 saturated carbocycles. The molecule has 0 amide bonds. The van der Waals surface area contributed by atoms with E-state index in [1.807, 2.05) is 12.1 Å². The van der Waals surface area contributed by atoms with Crippen LogP contribution in [0, 0.1) is 5.92 Å². The highest BCUT2D eigenvalue weighted by molar-refractivity contribution is 5.89. The quantitative estimate of drug-likeness (QED) is 0.831. The molecule has 1 heterocycles. The molecule has 2 rings (SSSR count). The normalized spacial score (nSPS) is 19.9. The van der Waals surface area contributed by atoms with Crippen LogP contribution < -0.4 is 5.32 Å². The second-order valence-corrected chi connectivity index (χ2v) is 4.58. The highest BCUT2D eigenvalue weighted by Gasteiger charge is 2.09. The van der Waals surface area contributed by atoms with E-state index in [1.54, 1.807) is 12.1 Å². The van der Waals surface area contributed by atoms with Crippen molar-refractivity contribution in [2.75, 3.05) is 20.2 Å². The van der Waals surface area contributed by atoms with Crippen molar-refractivity contribution in [1.29, 1.82) is 0 Å². The van der Waals surface area contributed by atoms with Gasteiger partial charge in [-0.2, -0.15) is 0 Å². The molecule has 1 aliphatic heterocycles. The third-order valence-electron chi connectivity index (χ3n) is 3.23. The Labute approximate surface area is 108 Å². The van der Waals surface area contributed by atoms with Crippen LogP contribution in [0.1, 0.15) is 28.8 Å². The lowest BCUT2D eigenvalue weighted by atomic mass is 9.98. The molecule has 1 atom stereocenters. The van der Waals surface area contributed by atoms with E-state index in [9.17, 15) is 4.79 Å². The van der Waals surface area contributed by atoms with Crippen molar-refractivity contribution in [3.63, 3.8) is 0 Å². The van der Waals surface area contributed by atoms with Crippen molar-refractivity contribution < 1.29 is 9.53 Å². The van der Waals surface area contributed by atoms with Crippen LogP contribution in [0.15, 0.2) is 30.3 Å². The van der Waals surface area contributed by atoms with Gasteiger partial charge in [0, 0.05) is 6.54 Å². The molecule has 0 radical (unpaired) electrons. The maximum absolute atomic E-state index is 11.3. The average molecular weight is 245 g/mol. The molecule has 0 bridgehead atoms. The van der Waals surface area contributed by atoms with Gasteiger partial charge in [-0.1, -0.05) is 24.3 Å². The van der Waals surface area contributed by atoms with Crippen molar-refractivity contribution in [2.24, 2.45) is 5.92 Å². The molecular formula is C15H19NO2. The van der Waals surface area contributed by atoms with E-state index in [1.165, 1.54) is 20.0 Å². The van der Waals surface area contributed by atoms with Crippen LogP contribution in [0.25, 0.3) is 6.08 Å². The van der Waals surface area contributed by atoms with Gasteiger partial charge in [-0.25, -0.2) is 4.79 Å². The number of benzene rings is 1. The van der Waals surface area contributed by atoms with Gasteiger partial charge in [-0.15, -0.1) is 0 Å². The first-order valence-corrected chi connectivity index (χ1v) is 6.37.